The third kappa shape index (κ3) is 3.48. The van der Waals surface area contributed by atoms with E-state index in [0.29, 0.717) is 12.0 Å². The van der Waals surface area contributed by atoms with Crippen molar-refractivity contribution in [2.45, 2.75) is 51.1 Å². The number of carboxylic acid groups (broad SMARTS) is 1. The first-order valence-electron chi connectivity index (χ1n) is 7.62. The average molecular weight is 268 g/mol. The molecule has 1 saturated carbocycles. The molecular weight excluding hydrogens is 240 g/mol. The summed E-state index contributed by atoms with van der Waals surface area (Å²) in [4.78, 5) is 16.2. The van der Waals surface area contributed by atoms with E-state index in [-0.39, 0.29) is 12.0 Å². The van der Waals surface area contributed by atoms with Crippen molar-refractivity contribution >= 4 is 5.97 Å². The number of hydrogen-bond donors (Lipinski definition) is 1. The maximum atomic E-state index is 11.5. The molecule has 4 unspecified atom stereocenters. The molecule has 1 saturated heterocycles. The van der Waals surface area contributed by atoms with E-state index < -0.39 is 5.97 Å². The van der Waals surface area contributed by atoms with E-state index in [1.54, 1.807) is 0 Å². The van der Waals surface area contributed by atoms with Crippen LogP contribution < -0.4 is 0 Å². The van der Waals surface area contributed by atoms with Gasteiger partial charge in [0, 0.05) is 18.6 Å². The monoisotopic (exact) mass is 268 g/mol. The molecule has 0 aromatic rings. The summed E-state index contributed by atoms with van der Waals surface area (Å²) in [6.45, 7) is 4.37. The summed E-state index contributed by atoms with van der Waals surface area (Å²) >= 11 is 0. The highest BCUT2D eigenvalue weighted by Gasteiger charge is 2.38. The zero-order chi connectivity index (χ0) is 14.0. The number of carboxylic acids is 1. The van der Waals surface area contributed by atoms with E-state index >= 15 is 0 Å². The van der Waals surface area contributed by atoms with E-state index in [1.807, 2.05) is 0 Å². The van der Waals surface area contributed by atoms with Gasteiger partial charge in [-0.3, -0.25) is 9.69 Å². The fraction of sp³-hybridized carbons (Fsp3) is 0.933. The van der Waals surface area contributed by atoms with Crippen LogP contribution in [0.1, 0.15) is 39.0 Å². The molecule has 2 fully saturated rings. The van der Waals surface area contributed by atoms with Crippen LogP contribution >= 0.6 is 0 Å². The van der Waals surface area contributed by atoms with Crippen LogP contribution in [-0.4, -0.2) is 60.1 Å². The third-order valence-electron chi connectivity index (χ3n) is 5.02. The SMILES string of the molecule is CC1CCC(C(=O)O)C(N2CCCC(N(C)C)C2)C1. The lowest BCUT2D eigenvalue weighted by atomic mass is 9.77. The Hall–Kier alpha value is -0.610. The maximum Gasteiger partial charge on any atom is 0.308 e. The largest absolute Gasteiger partial charge is 0.481 e. The van der Waals surface area contributed by atoms with Crippen molar-refractivity contribution in [1.29, 1.82) is 0 Å². The molecule has 2 rings (SSSR count). The first kappa shape index (κ1) is 14.8. The van der Waals surface area contributed by atoms with Gasteiger partial charge in [0.1, 0.15) is 0 Å². The minimum atomic E-state index is -0.594. The molecule has 0 aromatic heterocycles. The molecule has 1 N–H and O–H groups in total. The maximum absolute atomic E-state index is 11.5. The van der Waals surface area contributed by atoms with E-state index in [4.69, 9.17) is 0 Å². The van der Waals surface area contributed by atoms with Gasteiger partial charge < -0.3 is 10.0 Å². The highest BCUT2D eigenvalue weighted by atomic mass is 16.4. The lowest BCUT2D eigenvalue weighted by Gasteiger charge is -2.45. The Morgan fingerprint density at radius 2 is 2.00 bits per heavy atom. The number of rotatable bonds is 3. The van der Waals surface area contributed by atoms with E-state index in [1.165, 1.54) is 12.8 Å². The van der Waals surface area contributed by atoms with Gasteiger partial charge >= 0.3 is 5.97 Å². The van der Waals surface area contributed by atoms with Crippen molar-refractivity contribution in [2.75, 3.05) is 27.2 Å². The quantitative estimate of drug-likeness (QED) is 0.849. The van der Waals surface area contributed by atoms with Gasteiger partial charge in [-0.2, -0.15) is 0 Å². The molecule has 4 nitrogen and oxygen atoms in total. The first-order chi connectivity index (χ1) is 8.99. The number of nitrogens with zero attached hydrogens (tertiary/aromatic N) is 2. The zero-order valence-corrected chi connectivity index (χ0v) is 12.5. The lowest BCUT2D eigenvalue weighted by molar-refractivity contribution is -0.146. The van der Waals surface area contributed by atoms with Crippen LogP contribution in [0, 0.1) is 11.8 Å². The van der Waals surface area contributed by atoms with Gasteiger partial charge in [-0.15, -0.1) is 0 Å². The molecular formula is C15H28N2O2. The molecule has 1 heterocycles. The van der Waals surface area contributed by atoms with E-state index in [9.17, 15) is 9.90 Å². The normalized spacial score (nSPS) is 37.5. The topological polar surface area (TPSA) is 43.8 Å². The Kier molecular flexibility index (Phi) is 4.85. The molecule has 0 spiro atoms. The van der Waals surface area contributed by atoms with Crippen LogP contribution in [0.4, 0.5) is 0 Å². The van der Waals surface area contributed by atoms with Crippen molar-refractivity contribution in [2.24, 2.45) is 11.8 Å². The number of aliphatic carboxylic acids is 1. The minimum Gasteiger partial charge on any atom is -0.481 e. The average Bonchev–Trinajstić information content (AvgIpc) is 2.38. The Labute approximate surface area is 116 Å². The second-order valence-electron chi connectivity index (χ2n) is 6.68. The van der Waals surface area contributed by atoms with Crippen LogP contribution in [-0.2, 0) is 4.79 Å². The molecule has 0 radical (unpaired) electrons. The fourth-order valence-electron chi connectivity index (χ4n) is 3.75. The molecule has 110 valence electrons. The summed E-state index contributed by atoms with van der Waals surface area (Å²) in [7, 11) is 4.26. The van der Waals surface area contributed by atoms with Gasteiger partial charge in [-0.1, -0.05) is 6.92 Å². The number of hydrogen-bond acceptors (Lipinski definition) is 3. The highest BCUT2D eigenvalue weighted by Crippen LogP contribution is 2.34. The summed E-state index contributed by atoms with van der Waals surface area (Å²) in [5.74, 6) is -0.0821. The molecule has 4 atom stereocenters. The van der Waals surface area contributed by atoms with E-state index in [0.717, 1.165) is 32.4 Å². The van der Waals surface area contributed by atoms with Crippen LogP contribution in [0.5, 0.6) is 0 Å². The van der Waals surface area contributed by atoms with Crippen LogP contribution in [0.3, 0.4) is 0 Å². The van der Waals surface area contributed by atoms with Crippen molar-refractivity contribution in [1.82, 2.24) is 9.80 Å². The smallest absolute Gasteiger partial charge is 0.308 e. The number of likely N-dealkylation sites (tertiary alicyclic amines) is 1. The predicted octanol–water partition coefficient (Wildman–Crippen LogP) is 1.90. The van der Waals surface area contributed by atoms with Gasteiger partial charge in [0.15, 0.2) is 0 Å². The first-order valence-corrected chi connectivity index (χ1v) is 7.62. The molecule has 4 heteroatoms. The summed E-state index contributed by atoms with van der Waals surface area (Å²) in [5.41, 5.74) is 0. The fourth-order valence-corrected chi connectivity index (χ4v) is 3.75. The van der Waals surface area contributed by atoms with Gasteiger partial charge in [-0.25, -0.2) is 0 Å². The second-order valence-corrected chi connectivity index (χ2v) is 6.68. The Morgan fingerprint density at radius 3 is 2.63 bits per heavy atom. The van der Waals surface area contributed by atoms with Gasteiger partial charge in [0.25, 0.3) is 0 Å². The number of carbonyl (C=O) groups is 1. The number of piperidine rings is 1. The van der Waals surface area contributed by atoms with Gasteiger partial charge in [-0.05, 0) is 58.7 Å². The summed E-state index contributed by atoms with van der Waals surface area (Å²) < 4.78 is 0. The van der Waals surface area contributed by atoms with Crippen molar-refractivity contribution in [3.63, 3.8) is 0 Å². The Morgan fingerprint density at radius 1 is 1.26 bits per heavy atom. The van der Waals surface area contributed by atoms with Crippen molar-refractivity contribution < 1.29 is 9.90 Å². The molecule has 19 heavy (non-hydrogen) atoms. The molecule has 0 amide bonds. The lowest BCUT2D eigenvalue weighted by Crippen LogP contribution is -2.54. The van der Waals surface area contributed by atoms with Gasteiger partial charge in [0.2, 0.25) is 0 Å². The van der Waals surface area contributed by atoms with Crippen molar-refractivity contribution in [3.05, 3.63) is 0 Å². The molecule has 2 aliphatic rings. The zero-order valence-electron chi connectivity index (χ0n) is 12.5. The van der Waals surface area contributed by atoms with Crippen LogP contribution in [0.15, 0.2) is 0 Å². The summed E-state index contributed by atoms with van der Waals surface area (Å²) in [5, 5.41) is 9.46. The predicted molar refractivity (Wildman–Crippen MR) is 76.2 cm³/mol. The third-order valence-corrected chi connectivity index (χ3v) is 5.02. The molecule has 0 aromatic carbocycles. The number of likely N-dealkylation sites (N-methyl/N-ethyl adjacent to an activating group) is 1. The molecule has 0 bridgehead atoms. The Balaban J connectivity index is 2.06. The standard InChI is InChI=1S/C15H28N2O2/c1-11-6-7-13(15(18)19)14(9-11)17-8-4-5-12(10-17)16(2)3/h11-14H,4-10H2,1-3H3,(H,18,19). The molecule has 1 aliphatic carbocycles. The van der Waals surface area contributed by atoms with Gasteiger partial charge in [0.05, 0.1) is 5.92 Å². The summed E-state index contributed by atoms with van der Waals surface area (Å²) in [6, 6.07) is 0.837. The minimum absolute atomic E-state index is 0.155. The van der Waals surface area contributed by atoms with Crippen molar-refractivity contribution in [3.8, 4) is 0 Å². The van der Waals surface area contributed by atoms with Crippen LogP contribution in [0.25, 0.3) is 0 Å². The van der Waals surface area contributed by atoms with E-state index in [2.05, 4.69) is 30.8 Å². The second kappa shape index (κ2) is 6.23. The molecule has 1 aliphatic heterocycles. The Bertz CT molecular complexity index is 319. The highest BCUT2D eigenvalue weighted by molar-refractivity contribution is 5.71. The van der Waals surface area contributed by atoms with Crippen LogP contribution in [0.2, 0.25) is 0 Å². The summed E-state index contributed by atoms with van der Waals surface area (Å²) in [6.07, 6.45) is 5.41.